The van der Waals surface area contributed by atoms with E-state index in [2.05, 4.69) is 51.1 Å². The monoisotopic (exact) mass is 269 g/mol. The Labute approximate surface area is 121 Å². The van der Waals surface area contributed by atoms with E-state index >= 15 is 0 Å². The molecular weight excluding hydrogens is 246 g/mol. The normalized spacial score (nSPS) is 27.1. The van der Waals surface area contributed by atoms with Gasteiger partial charge < -0.3 is 4.90 Å². The average Bonchev–Trinajstić information content (AvgIpc) is 3.05. The summed E-state index contributed by atoms with van der Waals surface area (Å²) in [5.41, 5.74) is 3.48. The molecule has 1 fully saturated rings. The van der Waals surface area contributed by atoms with Crippen LogP contribution in [0.2, 0.25) is 0 Å². The van der Waals surface area contributed by atoms with Crippen molar-refractivity contribution in [1.29, 1.82) is 0 Å². The van der Waals surface area contributed by atoms with E-state index in [1.165, 1.54) is 17.5 Å². The SMILES string of the molecule is CCN(C(=O)[C@@H]1C[C@H]2C=C[C@H]1C2)c1cc(C)ccc1C. The number of aryl methyl sites for hydroxylation is 2. The van der Waals surface area contributed by atoms with Crippen LogP contribution in [0.1, 0.15) is 30.9 Å². The molecule has 1 amide bonds. The van der Waals surface area contributed by atoms with Crippen molar-refractivity contribution < 1.29 is 4.79 Å². The Bertz CT molecular complexity index is 561. The summed E-state index contributed by atoms with van der Waals surface area (Å²) in [4.78, 5) is 14.9. The molecule has 0 heterocycles. The molecule has 0 unspecified atom stereocenters. The molecule has 0 aliphatic heterocycles. The quantitative estimate of drug-likeness (QED) is 0.763. The zero-order chi connectivity index (χ0) is 14.3. The predicted octanol–water partition coefficient (Wildman–Crippen LogP) is 3.87. The Kier molecular flexibility index (Phi) is 3.41. The molecule has 1 aromatic rings. The van der Waals surface area contributed by atoms with E-state index in [-0.39, 0.29) is 5.92 Å². The number of amides is 1. The minimum atomic E-state index is 0.199. The first-order valence-corrected chi connectivity index (χ1v) is 7.67. The summed E-state index contributed by atoms with van der Waals surface area (Å²) in [5, 5.41) is 0. The molecular formula is C18H23NO. The summed E-state index contributed by atoms with van der Waals surface area (Å²) >= 11 is 0. The smallest absolute Gasteiger partial charge is 0.230 e. The van der Waals surface area contributed by atoms with Crippen LogP contribution < -0.4 is 4.90 Å². The first kappa shape index (κ1) is 13.4. The lowest BCUT2D eigenvalue weighted by Crippen LogP contribution is -2.38. The van der Waals surface area contributed by atoms with Gasteiger partial charge in [0.05, 0.1) is 0 Å². The van der Waals surface area contributed by atoms with E-state index < -0.39 is 0 Å². The second kappa shape index (κ2) is 5.08. The van der Waals surface area contributed by atoms with Crippen molar-refractivity contribution in [2.75, 3.05) is 11.4 Å². The van der Waals surface area contributed by atoms with Gasteiger partial charge in [-0.15, -0.1) is 0 Å². The molecule has 3 atom stereocenters. The fourth-order valence-corrected chi connectivity index (χ4v) is 3.72. The molecule has 0 radical (unpaired) electrons. The first-order valence-electron chi connectivity index (χ1n) is 7.67. The maximum absolute atomic E-state index is 12.9. The highest BCUT2D eigenvalue weighted by Crippen LogP contribution is 2.44. The molecule has 0 spiro atoms. The predicted molar refractivity (Wildman–Crippen MR) is 82.8 cm³/mol. The number of fused-ring (bicyclic) bond motifs is 2. The Balaban J connectivity index is 1.88. The van der Waals surface area contributed by atoms with E-state index in [0.29, 0.717) is 17.7 Å². The van der Waals surface area contributed by atoms with Crippen LogP contribution >= 0.6 is 0 Å². The number of carbonyl (C=O) groups is 1. The number of hydrogen-bond acceptors (Lipinski definition) is 1. The Morgan fingerprint density at radius 3 is 2.65 bits per heavy atom. The van der Waals surface area contributed by atoms with Crippen molar-refractivity contribution in [3.05, 3.63) is 41.5 Å². The second-order valence-electron chi connectivity index (χ2n) is 6.26. The van der Waals surface area contributed by atoms with Crippen LogP contribution in [0.15, 0.2) is 30.4 Å². The third-order valence-corrected chi connectivity index (χ3v) is 4.83. The minimum absolute atomic E-state index is 0.199. The maximum atomic E-state index is 12.9. The van der Waals surface area contributed by atoms with Gasteiger partial charge in [-0.1, -0.05) is 24.3 Å². The van der Waals surface area contributed by atoms with Crippen LogP contribution in [0.25, 0.3) is 0 Å². The van der Waals surface area contributed by atoms with E-state index in [1.807, 2.05) is 4.90 Å². The maximum Gasteiger partial charge on any atom is 0.230 e. The molecule has 0 aromatic heterocycles. The molecule has 2 aliphatic carbocycles. The molecule has 1 aromatic carbocycles. The fraction of sp³-hybridized carbons (Fsp3) is 0.500. The lowest BCUT2D eigenvalue weighted by molar-refractivity contribution is -0.123. The average molecular weight is 269 g/mol. The lowest BCUT2D eigenvalue weighted by atomic mass is 9.91. The molecule has 2 bridgehead atoms. The summed E-state index contributed by atoms with van der Waals surface area (Å²) in [6.07, 6.45) is 6.78. The zero-order valence-corrected chi connectivity index (χ0v) is 12.6. The Morgan fingerprint density at radius 1 is 1.25 bits per heavy atom. The summed E-state index contributed by atoms with van der Waals surface area (Å²) in [5.74, 6) is 1.64. The van der Waals surface area contributed by atoms with Crippen molar-refractivity contribution >= 4 is 11.6 Å². The highest BCUT2D eigenvalue weighted by Gasteiger charge is 2.41. The molecule has 20 heavy (non-hydrogen) atoms. The summed E-state index contributed by atoms with van der Waals surface area (Å²) in [6.45, 7) is 7.00. The van der Waals surface area contributed by atoms with Gasteiger partial charge in [0.1, 0.15) is 0 Å². The number of allylic oxidation sites excluding steroid dienone is 2. The lowest BCUT2D eigenvalue weighted by Gasteiger charge is -2.28. The number of carbonyl (C=O) groups excluding carboxylic acids is 1. The van der Waals surface area contributed by atoms with Crippen molar-refractivity contribution in [2.24, 2.45) is 17.8 Å². The van der Waals surface area contributed by atoms with Gasteiger partial charge in [-0.2, -0.15) is 0 Å². The van der Waals surface area contributed by atoms with Crippen LogP contribution in [-0.4, -0.2) is 12.5 Å². The van der Waals surface area contributed by atoms with Crippen LogP contribution in [-0.2, 0) is 4.79 Å². The van der Waals surface area contributed by atoms with Crippen molar-refractivity contribution in [3.8, 4) is 0 Å². The highest BCUT2D eigenvalue weighted by atomic mass is 16.2. The number of rotatable bonds is 3. The third-order valence-electron chi connectivity index (χ3n) is 4.83. The minimum Gasteiger partial charge on any atom is -0.312 e. The van der Waals surface area contributed by atoms with E-state index in [1.54, 1.807) is 0 Å². The summed E-state index contributed by atoms with van der Waals surface area (Å²) in [6, 6.07) is 6.36. The van der Waals surface area contributed by atoms with Gasteiger partial charge in [0.2, 0.25) is 5.91 Å². The van der Waals surface area contributed by atoms with Gasteiger partial charge in [0, 0.05) is 18.2 Å². The van der Waals surface area contributed by atoms with E-state index in [0.717, 1.165) is 18.7 Å². The van der Waals surface area contributed by atoms with Crippen molar-refractivity contribution in [2.45, 2.75) is 33.6 Å². The van der Waals surface area contributed by atoms with Crippen LogP contribution in [0.4, 0.5) is 5.69 Å². The van der Waals surface area contributed by atoms with Gasteiger partial charge in [0.25, 0.3) is 0 Å². The Hall–Kier alpha value is -1.57. The van der Waals surface area contributed by atoms with Gasteiger partial charge in [-0.05, 0) is 62.6 Å². The molecule has 3 rings (SSSR count). The molecule has 1 saturated carbocycles. The van der Waals surface area contributed by atoms with Crippen molar-refractivity contribution in [1.82, 2.24) is 0 Å². The zero-order valence-electron chi connectivity index (χ0n) is 12.6. The topological polar surface area (TPSA) is 20.3 Å². The molecule has 2 nitrogen and oxygen atoms in total. The number of hydrogen-bond donors (Lipinski definition) is 0. The van der Waals surface area contributed by atoms with Gasteiger partial charge in [-0.25, -0.2) is 0 Å². The largest absolute Gasteiger partial charge is 0.312 e. The molecule has 0 saturated heterocycles. The van der Waals surface area contributed by atoms with E-state index in [9.17, 15) is 4.79 Å². The highest BCUT2D eigenvalue weighted by molar-refractivity contribution is 5.96. The van der Waals surface area contributed by atoms with Crippen LogP contribution in [0.3, 0.4) is 0 Å². The molecule has 2 aliphatic rings. The Morgan fingerprint density at radius 2 is 2.05 bits per heavy atom. The second-order valence-corrected chi connectivity index (χ2v) is 6.26. The van der Waals surface area contributed by atoms with E-state index in [4.69, 9.17) is 0 Å². The molecule has 0 N–H and O–H groups in total. The first-order chi connectivity index (χ1) is 9.60. The number of nitrogens with zero attached hydrogens (tertiary/aromatic N) is 1. The molecule has 106 valence electrons. The fourth-order valence-electron chi connectivity index (χ4n) is 3.72. The van der Waals surface area contributed by atoms with Crippen molar-refractivity contribution in [3.63, 3.8) is 0 Å². The van der Waals surface area contributed by atoms with Gasteiger partial charge >= 0.3 is 0 Å². The summed E-state index contributed by atoms with van der Waals surface area (Å²) < 4.78 is 0. The third kappa shape index (κ3) is 2.17. The molecule has 2 heteroatoms. The summed E-state index contributed by atoms with van der Waals surface area (Å²) in [7, 11) is 0. The van der Waals surface area contributed by atoms with Gasteiger partial charge in [-0.3, -0.25) is 4.79 Å². The standard InChI is InChI=1S/C18H23NO/c1-4-19(17-9-12(2)5-6-13(17)3)18(20)16-11-14-7-8-15(16)10-14/h5-9,14-16H,4,10-11H2,1-3H3/t14-,15-,16+/m0/s1. The number of benzene rings is 1. The number of anilines is 1. The van der Waals surface area contributed by atoms with Gasteiger partial charge in [0.15, 0.2) is 0 Å². The van der Waals surface area contributed by atoms with Crippen LogP contribution in [0, 0.1) is 31.6 Å². The van der Waals surface area contributed by atoms with Crippen LogP contribution in [0.5, 0.6) is 0 Å².